The number of fused-ring (bicyclic) bond motifs is 1. The van der Waals surface area contributed by atoms with Crippen molar-refractivity contribution in [1.29, 1.82) is 0 Å². The lowest BCUT2D eigenvalue weighted by atomic mass is 9.98. The van der Waals surface area contributed by atoms with Crippen molar-refractivity contribution in [2.75, 3.05) is 12.8 Å². The molecule has 1 heterocycles. The van der Waals surface area contributed by atoms with Crippen molar-refractivity contribution >= 4 is 22.7 Å². The molecule has 3 rings (SSSR count). The van der Waals surface area contributed by atoms with Gasteiger partial charge in [0.1, 0.15) is 0 Å². The number of thioether (sulfide) groups is 1. The fraction of sp³-hybridized carbons (Fsp3) is 0.333. The lowest BCUT2D eigenvalue weighted by Gasteiger charge is -2.09. The highest BCUT2D eigenvalue weighted by Gasteiger charge is 2.16. The van der Waals surface area contributed by atoms with E-state index in [0.717, 1.165) is 25.8 Å². The van der Waals surface area contributed by atoms with Gasteiger partial charge in [-0.15, -0.1) is 11.8 Å². The Bertz CT molecular complexity index is 848. The molecule has 0 amide bonds. The molecule has 0 saturated carbocycles. The molecule has 0 saturated heterocycles. The normalized spacial score (nSPS) is 11.3. The topological polar surface area (TPSA) is 41.8 Å². The van der Waals surface area contributed by atoms with Gasteiger partial charge in [-0.3, -0.25) is 0 Å². The van der Waals surface area contributed by atoms with Crippen LogP contribution in [0.4, 0.5) is 0 Å². The summed E-state index contributed by atoms with van der Waals surface area (Å²) in [5.74, 6) is 0. The standard InChI is InChI=1S/C21H26N2S/c1-14-12-15(2)20-18(13-14)16(8-6-7-11-22)21(23-20)17-9-4-5-10-19(17)24-3/h4-5,9-10,12-13,23H,6-8,11,22H2,1-3H3. The molecule has 0 radical (unpaired) electrons. The van der Waals surface area contributed by atoms with Crippen LogP contribution < -0.4 is 5.73 Å². The van der Waals surface area contributed by atoms with Crippen molar-refractivity contribution in [3.05, 3.63) is 53.1 Å². The molecule has 0 unspecified atom stereocenters. The number of hydrogen-bond acceptors (Lipinski definition) is 2. The van der Waals surface area contributed by atoms with Crippen LogP contribution >= 0.6 is 11.8 Å². The van der Waals surface area contributed by atoms with Crippen LogP contribution in [0.25, 0.3) is 22.2 Å². The third-order valence-electron chi connectivity index (χ3n) is 4.61. The molecule has 0 aliphatic carbocycles. The van der Waals surface area contributed by atoms with Gasteiger partial charge in [0.05, 0.1) is 5.69 Å². The number of rotatable bonds is 6. The molecule has 0 bridgehead atoms. The molecule has 3 N–H and O–H groups in total. The molecule has 1 aromatic heterocycles. The van der Waals surface area contributed by atoms with E-state index in [1.165, 1.54) is 43.7 Å². The molecular formula is C21H26N2S. The first kappa shape index (κ1) is 17.1. The van der Waals surface area contributed by atoms with Gasteiger partial charge in [0, 0.05) is 21.4 Å². The number of hydrogen-bond donors (Lipinski definition) is 2. The largest absolute Gasteiger partial charge is 0.354 e. The second-order valence-corrected chi connectivity index (χ2v) is 7.28. The Morgan fingerprint density at radius 3 is 2.62 bits per heavy atom. The molecule has 3 heteroatoms. The summed E-state index contributed by atoms with van der Waals surface area (Å²) in [5.41, 5.74) is 13.6. The van der Waals surface area contributed by atoms with Crippen molar-refractivity contribution in [2.24, 2.45) is 5.73 Å². The maximum absolute atomic E-state index is 5.71. The van der Waals surface area contributed by atoms with Crippen LogP contribution in [-0.2, 0) is 6.42 Å². The number of nitrogens with two attached hydrogens (primary N) is 1. The van der Waals surface area contributed by atoms with Crippen molar-refractivity contribution < 1.29 is 0 Å². The Morgan fingerprint density at radius 1 is 1.08 bits per heavy atom. The Hall–Kier alpha value is -1.71. The summed E-state index contributed by atoms with van der Waals surface area (Å²) in [4.78, 5) is 5.05. The van der Waals surface area contributed by atoms with E-state index in [2.05, 4.69) is 61.5 Å². The van der Waals surface area contributed by atoms with Gasteiger partial charge in [0.2, 0.25) is 0 Å². The first-order valence-corrected chi connectivity index (χ1v) is 9.83. The average molecular weight is 339 g/mol. The predicted molar refractivity (Wildman–Crippen MR) is 107 cm³/mol. The van der Waals surface area contributed by atoms with E-state index in [1.54, 1.807) is 11.8 Å². The molecule has 0 atom stereocenters. The zero-order valence-electron chi connectivity index (χ0n) is 14.8. The van der Waals surface area contributed by atoms with Crippen molar-refractivity contribution in [2.45, 2.75) is 38.0 Å². The van der Waals surface area contributed by atoms with E-state index in [9.17, 15) is 0 Å². The van der Waals surface area contributed by atoms with Gasteiger partial charge >= 0.3 is 0 Å². The number of H-pyrrole nitrogens is 1. The van der Waals surface area contributed by atoms with Gasteiger partial charge in [-0.25, -0.2) is 0 Å². The fourth-order valence-electron chi connectivity index (χ4n) is 3.49. The Labute approximate surface area is 148 Å². The molecule has 2 aromatic carbocycles. The van der Waals surface area contributed by atoms with E-state index < -0.39 is 0 Å². The van der Waals surface area contributed by atoms with E-state index in [0.29, 0.717) is 0 Å². The zero-order valence-corrected chi connectivity index (χ0v) is 15.6. The third-order valence-corrected chi connectivity index (χ3v) is 5.41. The summed E-state index contributed by atoms with van der Waals surface area (Å²) in [6.45, 7) is 5.13. The minimum Gasteiger partial charge on any atom is -0.354 e. The predicted octanol–water partition coefficient (Wildman–Crippen LogP) is 5.46. The molecule has 126 valence electrons. The van der Waals surface area contributed by atoms with Gasteiger partial charge in [-0.05, 0) is 69.2 Å². The molecule has 0 aliphatic heterocycles. The number of aryl methyl sites for hydroxylation is 3. The van der Waals surface area contributed by atoms with E-state index in [4.69, 9.17) is 5.73 Å². The van der Waals surface area contributed by atoms with Crippen LogP contribution in [0.2, 0.25) is 0 Å². The van der Waals surface area contributed by atoms with Gasteiger partial charge in [-0.2, -0.15) is 0 Å². The van der Waals surface area contributed by atoms with Crippen LogP contribution in [0.3, 0.4) is 0 Å². The number of benzene rings is 2. The van der Waals surface area contributed by atoms with Crippen LogP contribution in [0, 0.1) is 13.8 Å². The van der Waals surface area contributed by atoms with Gasteiger partial charge in [-0.1, -0.05) is 29.8 Å². The average Bonchev–Trinajstić information content (AvgIpc) is 2.94. The summed E-state index contributed by atoms with van der Waals surface area (Å²) in [7, 11) is 0. The van der Waals surface area contributed by atoms with E-state index >= 15 is 0 Å². The lowest BCUT2D eigenvalue weighted by Crippen LogP contribution is -1.99. The number of aromatic nitrogens is 1. The SMILES string of the molecule is CSc1ccccc1-c1[nH]c2c(C)cc(C)cc2c1CCCCN. The van der Waals surface area contributed by atoms with E-state index in [-0.39, 0.29) is 0 Å². The summed E-state index contributed by atoms with van der Waals surface area (Å²) in [5, 5.41) is 1.37. The first-order chi connectivity index (χ1) is 11.7. The van der Waals surface area contributed by atoms with Crippen LogP contribution in [0.1, 0.15) is 29.5 Å². The quantitative estimate of drug-likeness (QED) is 0.463. The first-order valence-electron chi connectivity index (χ1n) is 8.61. The number of unbranched alkanes of at least 4 members (excludes halogenated alkanes) is 1. The number of nitrogens with one attached hydrogen (secondary N) is 1. The highest BCUT2D eigenvalue weighted by Crippen LogP contribution is 2.37. The number of aromatic amines is 1. The summed E-state index contributed by atoms with van der Waals surface area (Å²) < 4.78 is 0. The highest BCUT2D eigenvalue weighted by molar-refractivity contribution is 7.98. The highest BCUT2D eigenvalue weighted by atomic mass is 32.2. The zero-order chi connectivity index (χ0) is 17.1. The van der Waals surface area contributed by atoms with Crippen LogP contribution in [-0.4, -0.2) is 17.8 Å². The van der Waals surface area contributed by atoms with Crippen molar-refractivity contribution in [3.8, 4) is 11.3 Å². The maximum atomic E-state index is 5.71. The molecule has 0 spiro atoms. The Morgan fingerprint density at radius 2 is 1.88 bits per heavy atom. The van der Waals surface area contributed by atoms with E-state index in [1.807, 2.05) is 0 Å². The molecule has 0 aliphatic rings. The van der Waals surface area contributed by atoms with Crippen LogP contribution in [0.15, 0.2) is 41.3 Å². The third kappa shape index (κ3) is 3.24. The molecule has 24 heavy (non-hydrogen) atoms. The Kier molecular flexibility index (Phi) is 5.32. The minimum atomic E-state index is 0.761. The van der Waals surface area contributed by atoms with Crippen LogP contribution in [0.5, 0.6) is 0 Å². The molecule has 2 nitrogen and oxygen atoms in total. The van der Waals surface area contributed by atoms with Gasteiger partial charge < -0.3 is 10.7 Å². The maximum Gasteiger partial charge on any atom is 0.0508 e. The summed E-state index contributed by atoms with van der Waals surface area (Å²) >= 11 is 1.80. The molecular weight excluding hydrogens is 312 g/mol. The van der Waals surface area contributed by atoms with Crippen molar-refractivity contribution in [1.82, 2.24) is 4.98 Å². The second kappa shape index (κ2) is 7.45. The monoisotopic (exact) mass is 338 g/mol. The summed E-state index contributed by atoms with van der Waals surface area (Å²) in [6, 6.07) is 13.2. The van der Waals surface area contributed by atoms with Crippen molar-refractivity contribution in [3.63, 3.8) is 0 Å². The second-order valence-electron chi connectivity index (χ2n) is 6.43. The molecule has 0 fully saturated rings. The summed E-state index contributed by atoms with van der Waals surface area (Å²) in [6.07, 6.45) is 5.41. The van der Waals surface area contributed by atoms with Gasteiger partial charge in [0.25, 0.3) is 0 Å². The van der Waals surface area contributed by atoms with Gasteiger partial charge in [0.15, 0.2) is 0 Å². The fourth-order valence-corrected chi connectivity index (χ4v) is 4.10. The minimum absolute atomic E-state index is 0.761. The Balaban J connectivity index is 2.22. The molecule has 3 aromatic rings. The lowest BCUT2D eigenvalue weighted by molar-refractivity contribution is 0.748. The smallest absolute Gasteiger partial charge is 0.0508 e.